The summed E-state index contributed by atoms with van der Waals surface area (Å²) >= 11 is 0.934. The van der Waals surface area contributed by atoms with Gasteiger partial charge in [0.25, 0.3) is 11.5 Å². The number of carboxylic acid groups (broad SMARTS) is 1. The van der Waals surface area contributed by atoms with Crippen molar-refractivity contribution in [3.05, 3.63) is 43.8 Å². The highest BCUT2D eigenvalue weighted by Gasteiger charge is 2.20. The lowest BCUT2D eigenvalue weighted by molar-refractivity contribution is -0.135. The molecule has 1 saturated heterocycles. The van der Waals surface area contributed by atoms with E-state index >= 15 is 0 Å². The van der Waals surface area contributed by atoms with E-state index in [1.165, 1.54) is 10.8 Å². The normalized spacial score (nSPS) is 15.6. The third-order valence-electron chi connectivity index (χ3n) is 5.50. The summed E-state index contributed by atoms with van der Waals surface area (Å²) in [4.78, 5) is 40.5. The predicted octanol–water partition coefficient (Wildman–Crippen LogP) is 0.0816. The van der Waals surface area contributed by atoms with Crippen molar-refractivity contribution in [3.8, 4) is 11.8 Å². The molecule has 0 unspecified atom stereocenters. The van der Waals surface area contributed by atoms with Gasteiger partial charge in [-0.2, -0.15) is 5.26 Å². The van der Waals surface area contributed by atoms with Gasteiger partial charge in [0.15, 0.2) is 12.2 Å². The van der Waals surface area contributed by atoms with E-state index in [-0.39, 0.29) is 33.8 Å². The summed E-state index contributed by atoms with van der Waals surface area (Å²) in [6, 6.07) is 8.62. The van der Waals surface area contributed by atoms with Crippen LogP contribution in [0.3, 0.4) is 0 Å². The number of nitrogens with one attached hydrogen (secondary N) is 1. The van der Waals surface area contributed by atoms with Gasteiger partial charge in [0.2, 0.25) is 0 Å². The third-order valence-corrected chi connectivity index (χ3v) is 6.63. The SMILES string of the molecule is CCN1CCN(C(=O)COc2cccc(NC=c3sc(=C(C#N)C(=O)O)n(CC)c3=O)c2)CC1. The molecule has 180 valence electrons. The fourth-order valence-electron chi connectivity index (χ4n) is 3.55. The summed E-state index contributed by atoms with van der Waals surface area (Å²) in [5.41, 5.74) is -0.230. The number of carbonyl (C=O) groups is 2. The molecule has 0 aliphatic carbocycles. The molecule has 1 amide bonds. The minimum Gasteiger partial charge on any atom is -0.484 e. The van der Waals surface area contributed by atoms with Crippen LogP contribution in [0.25, 0.3) is 11.8 Å². The number of nitriles is 1. The second kappa shape index (κ2) is 11.5. The Morgan fingerprint density at radius 1 is 1.24 bits per heavy atom. The topological polar surface area (TPSA) is 128 Å². The maximum atomic E-state index is 12.6. The number of thiazole rings is 1. The second-order valence-electron chi connectivity index (χ2n) is 7.53. The second-order valence-corrected chi connectivity index (χ2v) is 8.56. The van der Waals surface area contributed by atoms with Crippen molar-refractivity contribution in [1.82, 2.24) is 14.4 Å². The van der Waals surface area contributed by atoms with Crippen LogP contribution in [0.5, 0.6) is 5.75 Å². The maximum Gasteiger partial charge on any atom is 0.349 e. The van der Waals surface area contributed by atoms with Gasteiger partial charge in [-0.1, -0.05) is 13.0 Å². The fourth-order valence-corrected chi connectivity index (χ4v) is 4.63. The van der Waals surface area contributed by atoms with E-state index in [1.807, 2.05) is 0 Å². The van der Waals surface area contributed by atoms with Crippen LogP contribution < -0.4 is 24.8 Å². The zero-order valence-electron chi connectivity index (χ0n) is 19.1. The van der Waals surface area contributed by atoms with E-state index in [4.69, 9.17) is 10.00 Å². The zero-order chi connectivity index (χ0) is 24.7. The molecule has 0 saturated carbocycles. The van der Waals surface area contributed by atoms with Gasteiger partial charge in [-0.15, -0.1) is 11.3 Å². The lowest BCUT2D eigenvalue weighted by atomic mass is 10.3. The Hall–Kier alpha value is -3.62. The van der Waals surface area contributed by atoms with Gasteiger partial charge in [-0.25, -0.2) is 4.79 Å². The Labute approximate surface area is 200 Å². The highest BCUT2D eigenvalue weighted by Crippen LogP contribution is 2.17. The molecule has 2 N–H and O–H groups in total. The zero-order valence-corrected chi connectivity index (χ0v) is 19.9. The molecule has 34 heavy (non-hydrogen) atoms. The Bertz CT molecular complexity index is 1270. The third kappa shape index (κ3) is 5.84. The molecule has 1 fully saturated rings. The smallest absolute Gasteiger partial charge is 0.349 e. The molecule has 3 rings (SSSR count). The van der Waals surface area contributed by atoms with Gasteiger partial charge in [-0.3, -0.25) is 14.2 Å². The maximum absolute atomic E-state index is 12.6. The molecule has 2 aromatic rings. The molecule has 10 nitrogen and oxygen atoms in total. The molecule has 0 spiro atoms. The number of aromatic nitrogens is 1. The number of amides is 1. The van der Waals surface area contributed by atoms with Crippen LogP contribution in [0.1, 0.15) is 13.8 Å². The van der Waals surface area contributed by atoms with Gasteiger partial charge in [-0.05, 0) is 25.6 Å². The number of rotatable bonds is 8. The lowest BCUT2D eigenvalue weighted by Gasteiger charge is -2.33. The molecule has 2 heterocycles. The highest BCUT2D eigenvalue weighted by atomic mass is 32.1. The minimum absolute atomic E-state index is 0.0588. The van der Waals surface area contributed by atoms with E-state index < -0.39 is 11.5 Å². The first-order valence-corrected chi connectivity index (χ1v) is 11.8. The van der Waals surface area contributed by atoms with Crippen molar-refractivity contribution in [1.29, 1.82) is 5.26 Å². The summed E-state index contributed by atoms with van der Waals surface area (Å²) in [6.07, 6.45) is 1.47. The number of likely N-dealkylation sites (N-methyl/N-ethyl adjacent to an activating group) is 1. The number of nitrogens with zero attached hydrogens (tertiary/aromatic N) is 4. The van der Waals surface area contributed by atoms with Gasteiger partial charge in [0.05, 0.1) is 0 Å². The number of anilines is 1. The molecular formula is C23H27N5O5S. The number of benzene rings is 1. The highest BCUT2D eigenvalue weighted by molar-refractivity contribution is 7.07. The standard InChI is InChI=1S/C23H27N5O5S/c1-3-26-8-10-27(11-9-26)20(29)15-33-17-7-5-6-16(12-17)25-14-19-21(30)28(4-2)22(34-19)18(13-24)23(31)32/h5-7,12,14,25H,3-4,8-11,15H2,1-2H3,(H,31,32). The van der Waals surface area contributed by atoms with Crippen molar-refractivity contribution < 1.29 is 19.4 Å². The largest absolute Gasteiger partial charge is 0.484 e. The molecule has 11 heteroatoms. The van der Waals surface area contributed by atoms with E-state index in [1.54, 1.807) is 42.2 Å². The number of carbonyl (C=O) groups excluding carboxylic acids is 1. The molecule has 1 aromatic heterocycles. The average Bonchev–Trinajstić information content (AvgIpc) is 3.16. The predicted molar refractivity (Wildman–Crippen MR) is 129 cm³/mol. The number of piperazine rings is 1. The first-order chi connectivity index (χ1) is 16.4. The fraction of sp³-hybridized carbons (Fsp3) is 0.391. The summed E-state index contributed by atoms with van der Waals surface area (Å²) in [5, 5.41) is 21.4. The molecule has 0 bridgehead atoms. The number of carboxylic acids is 1. The van der Waals surface area contributed by atoms with Crippen LogP contribution >= 0.6 is 11.3 Å². The Kier molecular flexibility index (Phi) is 8.45. The van der Waals surface area contributed by atoms with Crippen LogP contribution in [-0.4, -0.2) is 70.7 Å². The van der Waals surface area contributed by atoms with Gasteiger partial charge < -0.3 is 25.0 Å². The summed E-state index contributed by atoms with van der Waals surface area (Å²) in [7, 11) is 0. The van der Waals surface area contributed by atoms with Crippen molar-refractivity contribution in [2.45, 2.75) is 20.4 Å². The van der Waals surface area contributed by atoms with Gasteiger partial charge in [0, 0.05) is 50.7 Å². The van der Waals surface area contributed by atoms with E-state index in [9.17, 15) is 19.5 Å². The summed E-state index contributed by atoms with van der Waals surface area (Å²) in [6.45, 7) is 8.08. The van der Waals surface area contributed by atoms with Crippen molar-refractivity contribution in [3.63, 3.8) is 0 Å². The molecule has 0 radical (unpaired) electrons. The summed E-state index contributed by atoms with van der Waals surface area (Å²) in [5.74, 6) is -0.935. The molecule has 0 atom stereocenters. The van der Waals surface area contributed by atoms with Crippen LogP contribution in [0, 0.1) is 11.3 Å². The van der Waals surface area contributed by atoms with Crippen LogP contribution in [0.2, 0.25) is 0 Å². The molecule has 1 aromatic carbocycles. The van der Waals surface area contributed by atoms with E-state index in [2.05, 4.69) is 17.1 Å². The van der Waals surface area contributed by atoms with Crippen LogP contribution in [-0.2, 0) is 16.1 Å². The lowest BCUT2D eigenvalue weighted by Crippen LogP contribution is -2.49. The Morgan fingerprint density at radius 2 is 1.97 bits per heavy atom. The van der Waals surface area contributed by atoms with Crippen LogP contribution in [0.4, 0.5) is 5.69 Å². The number of hydrogen-bond donors (Lipinski definition) is 2. The first-order valence-electron chi connectivity index (χ1n) is 10.9. The van der Waals surface area contributed by atoms with Gasteiger partial charge in [0.1, 0.15) is 21.0 Å². The van der Waals surface area contributed by atoms with Crippen molar-refractivity contribution in [2.75, 3.05) is 44.6 Å². The average molecular weight is 486 g/mol. The minimum atomic E-state index is -1.38. The Balaban J connectivity index is 1.71. The number of aliphatic carboxylic acids is 1. The summed E-state index contributed by atoms with van der Waals surface area (Å²) < 4.78 is 7.30. The van der Waals surface area contributed by atoms with E-state index in [0.717, 1.165) is 31.0 Å². The number of ether oxygens (including phenoxy) is 1. The monoisotopic (exact) mass is 485 g/mol. The van der Waals surface area contributed by atoms with Crippen molar-refractivity contribution in [2.24, 2.45) is 0 Å². The molecule has 1 aliphatic rings. The van der Waals surface area contributed by atoms with Crippen LogP contribution in [0.15, 0.2) is 29.1 Å². The Morgan fingerprint density at radius 3 is 2.59 bits per heavy atom. The quantitative estimate of drug-likeness (QED) is 0.538. The first kappa shape index (κ1) is 25.0. The van der Waals surface area contributed by atoms with E-state index in [0.29, 0.717) is 24.5 Å². The van der Waals surface area contributed by atoms with Gasteiger partial charge >= 0.3 is 5.97 Å². The molecule has 1 aliphatic heterocycles. The number of hydrogen-bond acceptors (Lipinski definition) is 8. The van der Waals surface area contributed by atoms with Crippen molar-refractivity contribution >= 4 is 40.7 Å². The molecular weight excluding hydrogens is 458 g/mol.